The Bertz CT molecular complexity index is 978. The zero-order valence-corrected chi connectivity index (χ0v) is 13.4. The van der Waals surface area contributed by atoms with Crippen molar-refractivity contribution in [2.45, 2.75) is 0 Å². The molecule has 0 unspecified atom stereocenters. The topological polar surface area (TPSA) is 123 Å². The van der Waals surface area contributed by atoms with Crippen LogP contribution in [-0.2, 0) is 9.53 Å². The van der Waals surface area contributed by atoms with Crippen LogP contribution in [0.1, 0.15) is 15.9 Å². The van der Waals surface area contributed by atoms with E-state index in [0.29, 0.717) is 16.9 Å². The van der Waals surface area contributed by atoms with Gasteiger partial charge in [-0.2, -0.15) is 9.94 Å². The molecule has 0 radical (unpaired) electrons. The normalized spacial score (nSPS) is 9.96. The summed E-state index contributed by atoms with van der Waals surface area (Å²) in [6, 6.07) is 15.0. The summed E-state index contributed by atoms with van der Waals surface area (Å²) in [6.45, 7) is -0.473. The number of esters is 1. The number of benzene rings is 2. The SMILES string of the molecule is N#Cc1cccc(NC(=O)COC(=O)c2ccccc2-n2cnnn2)c1. The van der Waals surface area contributed by atoms with Crippen molar-refractivity contribution in [3.8, 4) is 11.8 Å². The lowest BCUT2D eigenvalue weighted by atomic mass is 10.2. The molecule has 9 heteroatoms. The number of carbonyl (C=O) groups is 2. The Morgan fingerprint density at radius 3 is 2.81 bits per heavy atom. The minimum absolute atomic E-state index is 0.221. The van der Waals surface area contributed by atoms with Gasteiger partial charge in [0.15, 0.2) is 6.61 Å². The van der Waals surface area contributed by atoms with Gasteiger partial charge in [0.2, 0.25) is 0 Å². The molecule has 0 saturated carbocycles. The number of nitriles is 1. The number of ether oxygens (including phenoxy) is 1. The number of tetrazole rings is 1. The van der Waals surface area contributed by atoms with Crippen molar-refractivity contribution >= 4 is 17.6 Å². The van der Waals surface area contributed by atoms with Crippen LogP contribution in [0.15, 0.2) is 54.9 Å². The van der Waals surface area contributed by atoms with Gasteiger partial charge in [-0.3, -0.25) is 4.79 Å². The predicted octanol–water partition coefficient (Wildman–Crippen LogP) is 1.33. The maximum atomic E-state index is 12.3. The second-order valence-electron chi connectivity index (χ2n) is 5.09. The molecular weight excluding hydrogens is 336 g/mol. The Hall–Kier alpha value is -4.06. The number of aromatic nitrogens is 4. The minimum atomic E-state index is -0.683. The second-order valence-corrected chi connectivity index (χ2v) is 5.09. The van der Waals surface area contributed by atoms with E-state index < -0.39 is 18.5 Å². The number of rotatable bonds is 5. The summed E-state index contributed by atoms with van der Waals surface area (Å²) in [6.07, 6.45) is 1.35. The van der Waals surface area contributed by atoms with Crippen LogP contribution in [-0.4, -0.2) is 38.7 Å². The van der Waals surface area contributed by atoms with Gasteiger partial charge in [-0.05, 0) is 40.8 Å². The molecule has 0 fully saturated rings. The molecule has 1 N–H and O–H groups in total. The number of amides is 1. The molecule has 0 aliphatic carbocycles. The van der Waals surface area contributed by atoms with E-state index in [1.807, 2.05) is 6.07 Å². The lowest BCUT2D eigenvalue weighted by molar-refractivity contribution is -0.119. The molecule has 0 aliphatic heterocycles. The van der Waals surface area contributed by atoms with E-state index in [-0.39, 0.29) is 5.56 Å². The number of anilines is 1. The largest absolute Gasteiger partial charge is 0.452 e. The number of hydrogen-bond donors (Lipinski definition) is 1. The number of nitrogens with one attached hydrogen (secondary N) is 1. The Labute approximate surface area is 147 Å². The van der Waals surface area contributed by atoms with Gasteiger partial charge in [0, 0.05) is 5.69 Å². The van der Waals surface area contributed by atoms with Crippen LogP contribution in [0.3, 0.4) is 0 Å². The molecule has 128 valence electrons. The molecule has 1 heterocycles. The van der Waals surface area contributed by atoms with E-state index >= 15 is 0 Å². The summed E-state index contributed by atoms with van der Waals surface area (Å²) in [7, 11) is 0. The third kappa shape index (κ3) is 3.88. The number of para-hydroxylation sites is 1. The number of carbonyl (C=O) groups excluding carboxylic acids is 2. The maximum absolute atomic E-state index is 12.3. The van der Waals surface area contributed by atoms with Crippen LogP contribution < -0.4 is 5.32 Å². The first kappa shape index (κ1) is 16.8. The van der Waals surface area contributed by atoms with Gasteiger partial charge < -0.3 is 10.1 Å². The molecule has 0 atom stereocenters. The quantitative estimate of drug-likeness (QED) is 0.690. The van der Waals surface area contributed by atoms with Crippen molar-refractivity contribution in [1.82, 2.24) is 20.2 Å². The highest BCUT2D eigenvalue weighted by atomic mass is 16.5. The first-order valence-electron chi connectivity index (χ1n) is 7.47. The highest BCUT2D eigenvalue weighted by Gasteiger charge is 2.16. The minimum Gasteiger partial charge on any atom is -0.452 e. The summed E-state index contributed by atoms with van der Waals surface area (Å²) in [4.78, 5) is 24.2. The smallest absolute Gasteiger partial charge is 0.340 e. The highest BCUT2D eigenvalue weighted by Crippen LogP contribution is 2.14. The fraction of sp³-hybridized carbons (Fsp3) is 0.0588. The fourth-order valence-electron chi connectivity index (χ4n) is 2.19. The monoisotopic (exact) mass is 348 g/mol. The Balaban J connectivity index is 1.64. The summed E-state index contributed by atoms with van der Waals surface area (Å²) in [5.41, 5.74) is 1.51. The third-order valence-corrected chi connectivity index (χ3v) is 3.33. The number of hydrogen-bond acceptors (Lipinski definition) is 7. The van der Waals surface area contributed by atoms with Gasteiger partial charge in [0.05, 0.1) is 22.9 Å². The van der Waals surface area contributed by atoms with Crippen molar-refractivity contribution in [2.24, 2.45) is 0 Å². The van der Waals surface area contributed by atoms with E-state index in [4.69, 9.17) is 10.00 Å². The maximum Gasteiger partial charge on any atom is 0.340 e. The molecular formula is C17H12N6O3. The van der Waals surface area contributed by atoms with Crippen molar-refractivity contribution < 1.29 is 14.3 Å². The first-order chi connectivity index (χ1) is 12.7. The molecule has 26 heavy (non-hydrogen) atoms. The molecule has 0 bridgehead atoms. The molecule has 1 aromatic heterocycles. The zero-order valence-electron chi connectivity index (χ0n) is 13.4. The van der Waals surface area contributed by atoms with Gasteiger partial charge in [0.25, 0.3) is 5.91 Å². The summed E-state index contributed by atoms with van der Waals surface area (Å²) in [5, 5.41) is 22.2. The average Bonchev–Trinajstić information content (AvgIpc) is 3.21. The number of nitrogens with zero attached hydrogens (tertiary/aromatic N) is 5. The molecule has 1 amide bonds. The van der Waals surface area contributed by atoms with Crippen molar-refractivity contribution in [3.05, 3.63) is 66.0 Å². The average molecular weight is 348 g/mol. The van der Waals surface area contributed by atoms with E-state index in [0.717, 1.165) is 0 Å². The van der Waals surface area contributed by atoms with Crippen LogP contribution in [0, 0.1) is 11.3 Å². The van der Waals surface area contributed by atoms with Crippen LogP contribution >= 0.6 is 0 Å². The predicted molar refractivity (Wildman–Crippen MR) is 89.2 cm³/mol. The first-order valence-corrected chi connectivity index (χ1v) is 7.47. The Morgan fingerprint density at radius 2 is 2.04 bits per heavy atom. The van der Waals surface area contributed by atoms with Crippen molar-refractivity contribution in [3.63, 3.8) is 0 Å². The molecule has 3 aromatic rings. The van der Waals surface area contributed by atoms with Gasteiger partial charge in [-0.15, -0.1) is 5.10 Å². The highest BCUT2D eigenvalue weighted by molar-refractivity contribution is 5.97. The molecule has 0 spiro atoms. The molecule has 0 saturated heterocycles. The van der Waals surface area contributed by atoms with Gasteiger partial charge >= 0.3 is 5.97 Å². The van der Waals surface area contributed by atoms with E-state index in [1.54, 1.807) is 42.5 Å². The van der Waals surface area contributed by atoms with E-state index in [1.165, 1.54) is 17.1 Å². The van der Waals surface area contributed by atoms with Crippen LogP contribution in [0.2, 0.25) is 0 Å². The second kappa shape index (κ2) is 7.67. The fourth-order valence-corrected chi connectivity index (χ4v) is 2.19. The molecule has 2 aromatic carbocycles. The lowest BCUT2D eigenvalue weighted by Crippen LogP contribution is -2.21. The summed E-state index contributed by atoms with van der Waals surface area (Å²) < 4.78 is 6.38. The third-order valence-electron chi connectivity index (χ3n) is 3.33. The van der Waals surface area contributed by atoms with Gasteiger partial charge in [0.1, 0.15) is 6.33 Å². The van der Waals surface area contributed by atoms with Gasteiger partial charge in [-0.1, -0.05) is 18.2 Å². The summed E-state index contributed by atoms with van der Waals surface area (Å²) in [5.74, 6) is -1.20. The lowest BCUT2D eigenvalue weighted by Gasteiger charge is -2.09. The van der Waals surface area contributed by atoms with Crippen LogP contribution in [0.4, 0.5) is 5.69 Å². The standard InChI is InChI=1S/C17H12N6O3/c18-9-12-4-3-5-13(8-12)20-16(24)10-26-17(25)14-6-1-2-7-15(14)23-11-19-21-22-23/h1-8,11H,10H2,(H,20,24). The molecule has 9 nitrogen and oxygen atoms in total. The molecule has 0 aliphatic rings. The van der Waals surface area contributed by atoms with Crippen molar-refractivity contribution in [2.75, 3.05) is 11.9 Å². The van der Waals surface area contributed by atoms with E-state index in [2.05, 4.69) is 20.8 Å². The van der Waals surface area contributed by atoms with E-state index in [9.17, 15) is 9.59 Å². The van der Waals surface area contributed by atoms with Crippen LogP contribution in [0.25, 0.3) is 5.69 Å². The molecule has 3 rings (SSSR count). The summed E-state index contributed by atoms with van der Waals surface area (Å²) >= 11 is 0. The Morgan fingerprint density at radius 1 is 1.19 bits per heavy atom. The Kier molecular flexibility index (Phi) is 4.95. The van der Waals surface area contributed by atoms with Gasteiger partial charge in [-0.25, -0.2) is 4.79 Å². The van der Waals surface area contributed by atoms with Crippen molar-refractivity contribution in [1.29, 1.82) is 5.26 Å². The zero-order chi connectivity index (χ0) is 18.4. The van der Waals surface area contributed by atoms with Crippen LogP contribution in [0.5, 0.6) is 0 Å².